The number of benzene rings is 2. The molecule has 1 aromatic heterocycles. The van der Waals surface area contributed by atoms with E-state index in [1.54, 1.807) is 42.5 Å². The molecule has 0 saturated heterocycles. The van der Waals surface area contributed by atoms with Gasteiger partial charge >= 0.3 is 0 Å². The fourth-order valence-corrected chi connectivity index (χ4v) is 5.56. The van der Waals surface area contributed by atoms with Gasteiger partial charge in [0.1, 0.15) is 10.7 Å². The first kappa shape index (κ1) is 19.2. The molecule has 1 aliphatic rings. The van der Waals surface area contributed by atoms with Gasteiger partial charge in [-0.05, 0) is 36.6 Å². The molecule has 4 rings (SSSR count). The van der Waals surface area contributed by atoms with Gasteiger partial charge in [-0.1, -0.05) is 44.2 Å². The third kappa shape index (κ3) is 2.82. The Labute approximate surface area is 167 Å². The Hall–Kier alpha value is -3.13. The number of fused-ring (bicyclic) bond motifs is 2. The fourth-order valence-electron chi connectivity index (χ4n) is 3.87. The summed E-state index contributed by atoms with van der Waals surface area (Å²) in [6.45, 7) is 3.85. The maximum Gasteiger partial charge on any atom is 0.279 e. The van der Waals surface area contributed by atoms with Crippen LogP contribution in [-0.2, 0) is 9.84 Å². The molecule has 2 N–H and O–H groups in total. The number of allylic oxidation sites excluding steroid dienone is 1. The molecule has 0 saturated carbocycles. The molecule has 2 aromatic carbocycles. The highest BCUT2D eigenvalue weighted by atomic mass is 32.2. The Morgan fingerprint density at radius 3 is 2.07 bits per heavy atom. The number of nitrogens with zero attached hydrogens (tertiary/aromatic N) is 2. The lowest BCUT2D eigenvalue weighted by Crippen LogP contribution is -2.38. The van der Waals surface area contributed by atoms with Crippen molar-refractivity contribution in [3.8, 4) is 0 Å². The Balaban J connectivity index is 2.09. The van der Waals surface area contributed by atoms with E-state index in [-0.39, 0.29) is 32.3 Å². The molecule has 7 nitrogen and oxygen atoms in total. The molecular weight excluding hydrogens is 390 g/mol. The van der Waals surface area contributed by atoms with Gasteiger partial charge in [-0.25, -0.2) is 13.1 Å². The van der Waals surface area contributed by atoms with Gasteiger partial charge < -0.3 is 5.73 Å². The van der Waals surface area contributed by atoms with Gasteiger partial charge in [-0.15, -0.1) is 0 Å². The third-order valence-corrected chi connectivity index (χ3v) is 7.07. The first-order valence-corrected chi connectivity index (χ1v) is 10.8. The van der Waals surface area contributed by atoms with Crippen molar-refractivity contribution < 1.29 is 8.42 Å². The molecule has 1 aliphatic heterocycles. The zero-order valence-electron chi connectivity index (χ0n) is 16.1. The molecule has 0 amide bonds. The van der Waals surface area contributed by atoms with Crippen molar-refractivity contribution in [2.75, 3.05) is 0 Å². The second-order valence-electron chi connectivity index (χ2n) is 7.52. The summed E-state index contributed by atoms with van der Waals surface area (Å²) in [5, 5.41) is 0.451. The summed E-state index contributed by atoms with van der Waals surface area (Å²) in [6.07, 6.45) is 0.347. The van der Waals surface area contributed by atoms with Gasteiger partial charge in [0.05, 0.1) is 21.7 Å². The lowest BCUT2D eigenvalue weighted by molar-refractivity contribution is 0.407. The van der Waals surface area contributed by atoms with Gasteiger partial charge in [-0.3, -0.25) is 9.59 Å². The van der Waals surface area contributed by atoms with Crippen molar-refractivity contribution >= 4 is 26.4 Å². The van der Waals surface area contributed by atoms with Gasteiger partial charge in [0.15, 0.2) is 0 Å². The van der Waals surface area contributed by atoms with Crippen LogP contribution in [0.1, 0.15) is 26.3 Å². The predicted molar refractivity (Wildman–Crippen MR) is 112 cm³/mol. The standard InChI is InChI=1S/C21H21N3O4S/c1-13(2)12-17-18(29(27,28)14-8-4-3-5-9-14)19(22)24-21(26)16-11-7-6-10-15(16)20(25)23(17)24/h3-11,13,17H,12,22H2,1-2H3. The molecule has 150 valence electrons. The van der Waals surface area contributed by atoms with Crippen LogP contribution in [0.3, 0.4) is 0 Å². The van der Waals surface area contributed by atoms with Gasteiger partial charge in [0.2, 0.25) is 9.84 Å². The van der Waals surface area contributed by atoms with E-state index >= 15 is 0 Å². The monoisotopic (exact) mass is 411 g/mol. The van der Waals surface area contributed by atoms with Crippen molar-refractivity contribution in [2.24, 2.45) is 11.7 Å². The summed E-state index contributed by atoms with van der Waals surface area (Å²) in [5.74, 6) is -0.152. The van der Waals surface area contributed by atoms with E-state index in [1.807, 2.05) is 13.8 Å². The summed E-state index contributed by atoms with van der Waals surface area (Å²) < 4.78 is 29.1. The highest BCUT2D eigenvalue weighted by Crippen LogP contribution is 2.38. The topological polar surface area (TPSA) is 104 Å². The van der Waals surface area contributed by atoms with Crippen LogP contribution in [0.5, 0.6) is 0 Å². The molecule has 3 aromatic rings. The van der Waals surface area contributed by atoms with Crippen molar-refractivity contribution in [3.05, 3.63) is 80.2 Å². The van der Waals surface area contributed by atoms with Crippen molar-refractivity contribution in [1.29, 1.82) is 0 Å². The van der Waals surface area contributed by atoms with Crippen LogP contribution < -0.4 is 16.9 Å². The molecular formula is C21H21N3O4S. The Morgan fingerprint density at radius 2 is 1.48 bits per heavy atom. The number of sulfone groups is 1. The zero-order valence-corrected chi connectivity index (χ0v) is 16.9. The molecule has 0 radical (unpaired) electrons. The average molecular weight is 411 g/mol. The van der Waals surface area contributed by atoms with Crippen LogP contribution in [-0.4, -0.2) is 17.8 Å². The number of hydrogen-bond acceptors (Lipinski definition) is 5. The zero-order chi connectivity index (χ0) is 20.9. The van der Waals surface area contributed by atoms with Crippen LogP contribution >= 0.6 is 0 Å². The van der Waals surface area contributed by atoms with Crippen LogP contribution in [0.2, 0.25) is 0 Å². The number of rotatable bonds is 4. The molecule has 8 heteroatoms. The van der Waals surface area contributed by atoms with E-state index in [0.717, 1.165) is 4.68 Å². The average Bonchev–Trinajstić information content (AvgIpc) is 2.99. The molecule has 1 atom stereocenters. The van der Waals surface area contributed by atoms with Crippen molar-refractivity contribution in [1.82, 2.24) is 9.36 Å². The van der Waals surface area contributed by atoms with Crippen LogP contribution in [0.25, 0.3) is 16.6 Å². The fraction of sp³-hybridized carbons (Fsp3) is 0.238. The maximum atomic E-state index is 13.5. The lowest BCUT2D eigenvalue weighted by atomic mass is 10.0. The number of aromatic nitrogens is 2. The Bertz CT molecular complexity index is 1370. The van der Waals surface area contributed by atoms with Crippen LogP contribution in [0, 0.1) is 5.92 Å². The van der Waals surface area contributed by atoms with E-state index in [0.29, 0.717) is 6.42 Å². The third-order valence-electron chi connectivity index (χ3n) is 5.12. The molecule has 0 spiro atoms. The van der Waals surface area contributed by atoms with E-state index in [2.05, 4.69) is 0 Å². The second kappa shape index (κ2) is 6.73. The lowest BCUT2D eigenvalue weighted by Gasteiger charge is -2.20. The summed E-state index contributed by atoms with van der Waals surface area (Å²) in [5.41, 5.74) is 5.30. The maximum absolute atomic E-state index is 13.5. The van der Waals surface area contributed by atoms with Gasteiger partial charge in [0, 0.05) is 0 Å². The van der Waals surface area contributed by atoms with E-state index < -0.39 is 27.0 Å². The summed E-state index contributed by atoms with van der Waals surface area (Å²) >= 11 is 0. The predicted octanol–water partition coefficient (Wildman–Crippen LogP) is 2.32. The van der Waals surface area contributed by atoms with E-state index in [1.165, 1.54) is 16.8 Å². The molecule has 2 heterocycles. The first-order chi connectivity index (χ1) is 13.7. The van der Waals surface area contributed by atoms with Crippen LogP contribution in [0.15, 0.2) is 74.0 Å². The van der Waals surface area contributed by atoms with Crippen molar-refractivity contribution in [2.45, 2.75) is 31.2 Å². The van der Waals surface area contributed by atoms with E-state index in [9.17, 15) is 18.0 Å². The molecule has 1 unspecified atom stereocenters. The van der Waals surface area contributed by atoms with Gasteiger partial charge in [-0.2, -0.15) is 4.68 Å². The van der Waals surface area contributed by atoms with Gasteiger partial charge in [0.25, 0.3) is 11.1 Å². The minimum Gasteiger partial charge on any atom is -0.383 e. The number of hydrogen-bond donors (Lipinski definition) is 1. The summed E-state index contributed by atoms with van der Waals surface area (Å²) in [6, 6.07) is 13.5. The van der Waals surface area contributed by atoms with Crippen LogP contribution in [0.4, 0.5) is 0 Å². The Kier molecular flexibility index (Phi) is 4.46. The van der Waals surface area contributed by atoms with E-state index in [4.69, 9.17) is 5.73 Å². The SMILES string of the molecule is CC(C)CC1C(S(=O)(=O)c2ccccc2)=C(N)n2c(=O)c3ccccc3c(=O)n21. The summed E-state index contributed by atoms with van der Waals surface area (Å²) in [7, 11) is -4.01. The van der Waals surface area contributed by atoms with Crippen molar-refractivity contribution in [3.63, 3.8) is 0 Å². The summed E-state index contributed by atoms with van der Waals surface area (Å²) in [4.78, 5) is 26.3. The largest absolute Gasteiger partial charge is 0.383 e. The minimum absolute atomic E-state index is 0.0637. The Morgan fingerprint density at radius 1 is 0.931 bits per heavy atom. The second-order valence-corrected chi connectivity index (χ2v) is 9.44. The highest BCUT2D eigenvalue weighted by Gasteiger charge is 2.41. The molecule has 0 fully saturated rings. The number of nitrogens with two attached hydrogens (primary N) is 1. The smallest absolute Gasteiger partial charge is 0.279 e. The highest BCUT2D eigenvalue weighted by molar-refractivity contribution is 7.95. The molecule has 29 heavy (non-hydrogen) atoms. The molecule has 0 bridgehead atoms. The normalized spacial score (nSPS) is 16.6. The first-order valence-electron chi connectivity index (χ1n) is 9.32. The quantitative estimate of drug-likeness (QED) is 0.709. The molecule has 0 aliphatic carbocycles. The minimum atomic E-state index is -4.01.